The normalized spacial score (nSPS) is 15.6. The number of anilines is 2. The third kappa shape index (κ3) is 4.62. The first-order chi connectivity index (χ1) is 14.7. The molecular weight excluding hydrogens is 376 g/mol. The summed E-state index contributed by atoms with van der Waals surface area (Å²) in [6, 6.07) is 15.0. The van der Waals surface area contributed by atoms with Gasteiger partial charge in [0.2, 0.25) is 0 Å². The lowest BCUT2D eigenvalue weighted by molar-refractivity contribution is 0.102. The molecular formula is C24H24N4O2. The van der Waals surface area contributed by atoms with E-state index < -0.39 is 0 Å². The van der Waals surface area contributed by atoms with Gasteiger partial charge >= 0.3 is 0 Å². The first-order valence-electron chi connectivity index (χ1n) is 9.94. The van der Waals surface area contributed by atoms with E-state index in [1.54, 1.807) is 37.6 Å². The maximum absolute atomic E-state index is 12.4. The molecule has 4 rings (SSSR count). The van der Waals surface area contributed by atoms with Crippen LogP contribution < -0.4 is 15.0 Å². The zero-order valence-electron chi connectivity index (χ0n) is 16.9. The summed E-state index contributed by atoms with van der Waals surface area (Å²) in [6.07, 6.45) is 7.49. The van der Waals surface area contributed by atoms with Crippen molar-refractivity contribution in [2.24, 2.45) is 4.99 Å². The van der Waals surface area contributed by atoms with Crippen molar-refractivity contribution >= 4 is 23.5 Å². The Morgan fingerprint density at radius 3 is 2.37 bits per heavy atom. The first-order valence-corrected chi connectivity index (χ1v) is 9.94. The van der Waals surface area contributed by atoms with Crippen LogP contribution in [0.2, 0.25) is 0 Å². The monoisotopic (exact) mass is 400 g/mol. The third-order valence-corrected chi connectivity index (χ3v) is 5.15. The second-order valence-corrected chi connectivity index (χ2v) is 7.01. The van der Waals surface area contributed by atoms with Crippen molar-refractivity contribution in [2.75, 3.05) is 43.5 Å². The summed E-state index contributed by atoms with van der Waals surface area (Å²) in [5.41, 5.74) is 5.55. The molecule has 0 bridgehead atoms. The lowest BCUT2D eigenvalue weighted by atomic mass is 10.2. The molecule has 2 aromatic rings. The number of methoxy groups -OCH3 is 1. The number of carbonyl (C=O) groups is 1. The molecule has 0 unspecified atom stereocenters. The van der Waals surface area contributed by atoms with Gasteiger partial charge in [-0.3, -0.25) is 4.79 Å². The minimum atomic E-state index is -0.139. The van der Waals surface area contributed by atoms with Crippen molar-refractivity contribution in [3.63, 3.8) is 0 Å². The molecule has 1 fully saturated rings. The molecule has 0 aliphatic carbocycles. The van der Waals surface area contributed by atoms with Gasteiger partial charge in [-0.2, -0.15) is 0 Å². The number of nitrogens with zero attached hydrogens (tertiary/aromatic N) is 3. The van der Waals surface area contributed by atoms with Gasteiger partial charge in [-0.15, -0.1) is 5.73 Å². The molecule has 6 heteroatoms. The SMILES string of the molecule is COc1ccc(C(=O)Nc2ccc(N3CCN(C4=CC=C=CC=N4)CC3)cc2)cc1. The fourth-order valence-corrected chi connectivity index (χ4v) is 3.46. The van der Waals surface area contributed by atoms with Crippen LogP contribution in [0.1, 0.15) is 10.4 Å². The highest BCUT2D eigenvalue weighted by Gasteiger charge is 2.18. The van der Waals surface area contributed by atoms with Gasteiger partial charge in [0, 0.05) is 49.3 Å². The van der Waals surface area contributed by atoms with Crippen LogP contribution in [0.3, 0.4) is 0 Å². The van der Waals surface area contributed by atoms with Crippen LogP contribution in [0.15, 0.2) is 83.3 Å². The number of allylic oxidation sites excluding steroid dienone is 2. The average molecular weight is 400 g/mol. The molecule has 0 spiro atoms. The molecule has 152 valence electrons. The van der Waals surface area contributed by atoms with Gasteiger partial charge in [0.25, 0.3) is 5.91 Å². The van der Waals surface area contributed by atoms with Gasteiger partial charge < -0.3 is 19.9 Å². The summed E-state index contributed by atoms with van der Waals surface area (Å²) >= 11 is 0. The number of amides is 1. The molecule has 6 nitrogen and oxygen atoms in total. The van der Waals surface area contributed by atoms with Gasteiger partial charge in [0.05, 0.1) is 7.11 Å². The number of carbonyl (C=O) groups excluding carboxylic acids is 1. The van der Waals surface area contributed by atoms with Crippen LogP contribution in [0.25, 0.3) is 0 Å². The van der Waals surface area contributed by atoms with Crippen LogP contribution in [0.4, 0.5) is 11.4 Å². The van der Waals surface area contributed by atoms with Gasteiger partial charge in [0.15, 0.2) is 0 Å². The van der Waals surface area contributed by atoms with Crippen LogP contribution in [-0.4, -0.2) is 50.3 Å². The minimum Gasteiger partial charge on any atom is -0.497 e. The average Bonchev–Trinajstić information content (AvgIpc) is 3.09. The molecule has 0 atom stereocenters. The molecule has 1 amide bonds. The number of benzene rings is 2. The predicted octanol–water partition coefficient (Wildman–Crippen LogP) is 3.71. The zero-order valence-corrected chi connectivity index (χ0v) is 16.9. The van der Waals surface area contributed by atoms with Gasteiger partial charge in [-0.05, 0) is 66.8 Å². The molecule has 0 saturated carbocycles. The van der Waals surface area contributed by atoms with Crippen LogP contribution in [0.5, 0.6) is 5.75 Å². The maximum Gasteiger partial charge on any atom is 0.255 e. The van der Waals surface area contributed by atoms with Crippen molar-refractivity contribution in [1.29, 1.82) is 0 Å². The van der Waals surface area contributed by atoms with E-state index in [4.69, 9.17) is 4.74 Å². The highest BCUT2D eigenvalue weighted by Crippen LogP contribution is 2.22. The van der Waals surface area contributed by atoms with Crippen molar-refractivity contribution in [3.05, 3.63) is 83.9 Å². The summed E-state index contributed by atoms with van der Waals surface area (Å²) in [5, 5.41) is 2.94. The molecule has 2 aliphatic rings. The molecule has 0 aromatic heterocycles. The van der Waals surface area contributed by atoms with Crippen LogP contribution in [0, 0.1) is 0 Å². The maximum atomic E-state index is 12.4. The molecule has 30 heavy (non-hydrogen) atoms. The highest BCUT2D eigenvalue weighted by atomic mass is 16.5. The Hall–Kier alpha value is -3.76. The summed E-state index contributed by atoms with van der Waals surface area (Å²) < 4.78 is 5.13. The van der Waals surface area contributed by atoms with E-state index in [-0.39, 0.29) is 5.91 Å². The lowest BCUT2D eigenvalue weighted by Crippen LogP contribution is -2.45. The fourth-order valence-electron chi connectivity index (χ4n) is 3.46. The Morgan fingerprint density at radius 2 is 1.67 bits per heavy atom. The van der Waals surface area contributed by atoms with E-state index in [9.17, 15) is 4.79 Å². The Bertz CT molecular complexity index is 1010. The number of nitrogens with one attached hydrogen (secondary N) is 1. The largest absolute Gasteiger partial charge is 0.497 e. The quantitative estimate of drug-likeness (QED) is 0.778. The molecule has 1 saturated heterocycles. The number of rotatable bonds is 5. The number of hydrogen-bond acceptors (Lipinski definition) is 5. The van der Waals surface area contributed by atoms with Crippen LogP contribution in [-0.2, 0) is 0 Å². The lowest BCUT2D eigenvalue weighted by Gasteiger charge is -2.37. The van der Waals surface area contributed by atoms with Crippen molar-refractivity contribution in [3.8, 4) is 5.75 Å². The summed E-state index contributed by atoms with van der Waals surface area (Å²) in [4.78, 5) is 21.5. The number of ether oxygens (including phenoxy) is 1. The van der Waals surface area contributed by atoms with E-state index in [1.165, 1.54) is 0 Å². The summed E-state index contributed by atoms with van der Waals surface area (Å²) in [6.45, 7) is 3.66. The van der Waals surface area contributed by atoms with E-state index >= 15 is 0 Å². The number of aliphatic imine (C=N–C) groups is 1. The van der Waals surface area contributed by atoms with Gasteiger partial charge in [-0.1, -0.05) is 0 Å². The van der Waals surface area contributed by atoms with Crippen molar-refractivity contribution in [2.45, 2.75) is 0 Å². The zero-order chi connectivity index (χ0) is 20.8. The summed E-state index contributed by atoms with van der Waals surface area (Å²) in [7, 11) is 1.60. The van der Waals surface area contributed by atoms with E-state index in [0.717, 1.165) is 49.1 Å². The van der Waals surface area contributed by atoms with E-state index in [1.807, 2.05) is 30.4 Å². The van der Waals surface area contributed by atoms with E-state index in [0.29, 0.717) is 5.56 Å². The Balaban J connectivity index is 1.33. The molecule has 2 heterocycles. The highest BCUT2D eigenvalue weighted by molar-refractivity contribution is 6.04. The molecule has 2 aromatic carbocycles. The minimum absolute atomic E-state index is 0.139. The van der Waals surface area contributed by atoms with Crippen molar-refractivity contribution < 1.29 is 9.53 Å². The number of hydrogen-bond donors (Lipinski definition) is 1. The second-order valence-electron chi connectivity index (χ2n) is 7.01. The van der Waals surface area contributed by atoms with Gasteiger partial charge in [0.1, 0.15) is 11.6 Å². The van der Waals surface area contributed by atoms with E-state index in [2.05, 4.69) is 38.0 Å². The fraction of sp³-hybridized carbons (Fsp3) is 0.208. The molecule has 1 N–H and O–H groups in total. The molecule has 2 aliphatic heterocycles. The second kappa shape index (κ2) is 9.16. The topological polar surface area (TPSA) is 57.2 Å². The van der Waals surface area contributed by atoms with Crippen LogP contribution >= 0.6 is 0 Å². The van der Waals surface area contributed by atoms with Gasteiger partial charge in [-0.25, -0.2) is 4.99 Å². The van der Waals surface area contributed by atoms with Crippen molar-refractivity contribution in [1.82, 2.24) is 4.90 Å². The Morgan fingerprint density at radius 1 is 0.967 bits per heavy atom. The molecule has 0 radical (unpaired) electrons. The smallest absolute Gasteiger partial charge is 0.255 e. The third-order valence-electron chi connectivity index (χ3n) is 5.15. The predicted molar refractivity (Wildman–Crippen MR) is 120 cm³/mol. The summed E-state index contributed by atoms with van der Waals surface area (Å²) in [5.74, 6) is 1.57. The Kier molecular flexibility index (Phi) is 5.97. The Labute approximate surface area is 176 Å². The standard InChI is InChI=1S/C24H24N4O2/c1-30-22-12-6-19(7-13-22)24(29)26-20-8-10-21(11-9-20)27-15-17-28(18-16-27)23-5-3-2-4-14-25-23/h3-14H,15-18H2,1H3,(H,26,29). The number of piperazine rings is 1. The first kappa shape index (κ1) is 19.6.